The lowest BCUT2D eigenvalue weighted by Crippen LogP contribution is -2.23. The summed E-state index contributed by atoms with van der Waals surface area (Å²) in [6, 6.07) is 6.32. The first-order valence-corrected chi connectivity index (χ1v) is 6.23. The Kier molecular flexibility index (Phi) is 3.37. The zero-order valence-corrected chi connectivity index (χ0v) is 10.2. The van der Waals surface area contributed by atoms with Crippen LogP contribution in [-0.4, -0.2) is 11.1 Å². The molecule has 0 heterocycles. The number of phenols is 1. The molecule has 1 aromatic carbocycles. The van der Waals surface area contributed by atoms with Gasteiger partial charge < -0.3 is 10.4 Å². The fourth-order valence-corrected chi connectivity index (χ4v) is 2.54. The quantitative estimate of drug-likeness (QED) is 0.812. The molecule has 1 aromatic rings. The van der Waals surface area contributed by atoms with E-state index in [0.717, 1.165) is 17.2 Å². The maximum absolute atomic E-state index is 9.64. The van der Waals surface area contributed by atoms with Crippen LogP contribution in [-0.2, 0) is 0 Å². The van der Waals surface area contributed by atoms with Crippen molar-refractivity contribution in [2.45, 2.75) is 45.6 Å². The molecule has 0 spiro atoms. The Labute approximate surface area is 97.7 Å². The van der Waals surface area contributed by atoms with Gasteiger partial charge in [-0.05, 0) is 44.2 Å². The molecule has 0 amide bonds. The molecule has 2 nitrogen and oxygen atoms in total. The van der Waals surface area contributed by atoms with Gasteiger partial charge in [0.15, 0.2) is 0 Å². The van der Waals surface area contributed by atoms with E-state index in [9.17, 15) is 5.11 Å². The summed E-state index contributed by atoms with van der Waals surface area (Å²) in [5.41, 5.74) is 1.96. The number of aromatic hydroxyl groups is 1. The smallest absolute Gasteiger partial charge is 0.120 e. The molecular formula is C14H21NO. The maximum Gasteiger partial charge on any atom is 0.120 e. The minimum atomic E-state index is 0.378. The molecule has 1 aliphatic carbocycles. The summed E-state index contributed by atoms with van der Waals surface area (Å²) >= 11 is 0. The second-order valence-corrected chi connectivity index (χ2v) is 4.98. The van der Waals surface area contributed by atoms with Crippen molar-refractivity contribution in [1.29, 1.82) is 0 Å². The SMILES string of the molecule is Cc1ccc(NC(C)C2CCCC2)cc1O. The first-order chi connectivity index (χ1) is 7.66. The minimum absolute atomic E-state index is 0.378. The van der Waals surface area contributed by atoms with E-state index in [0.29, 0.717) is 11.8 Å². The van der Waals surface area contributed by atoms with E-state index in [1.165, 1.54) is 25.7 Å². The van der Waals surface area contributed by atoms with E-state index in [2.05, 4.69) is 12.2 Å². The number of benzene rings is 1. The van der Waals surface area contributed by atoms with Crippen LogP contribution in [0.2, 0.25) is 0 Å². The van der Waals surface area contributed by atoms with Crippen molar-refractivity contribution < 1.29 is 5.11 Å². The molecule has 1 atom stereocenters. The van der Waals surface area contributed by atoms with Crippen LogP contribution in [0.3, 0.4) is 0 Å². The first-order valence-electron chi connectivity index (χ1n) is 6.23. The Morgan fingerprint density at radius 2 is 2.00 bits per heavy atom. The van der Waals surface area contributed by atoms with Crippen LogP contribution < -0.4 is 5.32 Å². The Hall–Kier alpha value is -1.18. The van der Waals surface area contributed by atoms with E-state index in [4.69, 9.17) is 0 Å². The number of rotatable bonds is 3. The van der Waals surface area contributed by atoms with Crippen LogP contribution in [0.4, 0.5) is 5.69 Å². The van der Waals surface area contributed by atoms with Gasteiger partial charge in [-0.25, -0.2) is 0 Å². The van der Waals surface area contributed by atoms with Gasteiger partial charge in [-0.3, -0.25) is 0 Å². The van der Waals surface area contributed by atoms with Crippen molar-refractivity contribution in [3.63, 3.8) is 0 Å². The van der Waals surface area contributed by atoms with Crippen molar-refractivity contribution in [3.8, 4) is 5.75 Å². The standard InChI is InChI=1S/C14H21NO/c1-10-7-8-13(9-14(10)16)15-11(2)12-5-3-4-6-12/h7-9,11-12,15-16H,3-6H2,1-2H3. The van der Waals surface area contributed by atoms with Crippen LogP contribution >= 0.6 is 0 Å². The van der Waals surface area contributed by atoms with Crippen molar-refractivity contribution in [3.05, 3.63) is 23.8 Å². The van der Waals surface area contributed by atoms with E-state index in [1.807, 2.05) is 25.1 Å². The lowest BCUT2D eigenvalue weighted by molar-refractivity contribution is 0.469. The third kappa shape index (κ3) is 2.49. The molecule has 0 radical (unpaired) electrons. The lowest BCUT2D eigenvalue weighted by Gasteiger charge is -2.21. The third-order valence-corrected chi connectivity index (χ3v) is 3.71. The highest BCUT2D eigenvalue weighted by Gasteiger charge is 2.21. The fourth-order valence-electron chi connectivity index (χ4n) is 2.54. The van der Waals surface area contributed by atoms with Gasteiger partial charge in [0.05, 0.1) is 0 Å². The second kappa shape index (κ2) is 4.77. The Morgan fingerprint density at radius 3 is 2.62 bits per heavy atom. The van der Waals surface area contributed by atoms with Gasteiger partial charge in [0.2, 0.25) is 0 Å². The number of nitrogens with one attached hydrogen (secondary N) is 1. The van der Waals surface area contributed by atoms with Gasteiger partial charge in [-0.2, -0.15) is 0 Å². The summed E-state index contributed by atoms with van der Waals surface area (Å²) in [5, 5.41) is 13.1. The van der Waals surface area contributed by atoms with Gasteiger partial charge in [0, 0.05) is 17.8 Å². The molecule has 2 N–H and O–H groups in total. The molecule has 0 aromatic heterocycles. The summed E-state index contributed by atoms with van der Waals surface area (Å²) in [6.07, 6.45) is 5.42. The summed E-state index contributed by atoms with van der Waals surface area (Å²) in [7, 11) is 0. The molecule has 16 heavy (non-hydrogen) atoms. The normalized spacial score (nSPS) is 18.6. The minimum Gasteiger partial charge on any atom is -0.508 e. The monoisotopic (exact) mass is 219 g/mol. The van der Waals surface area contributed by atoms with E-state index in [-0.39, 0.29) is 0 Å². The second-order valence-electron chi connectivity index (χ2n) is 4.98. The van der Waals surface area contributed by atoms with E-state index in [1.54, 1.807) is 0 Å². The summed E-state index contributed by atoms with van der Waals surface area (Å²) < 4.78 is 0. The molecule has 2 rings (SSSR count). The van der Waals surface area contributed by atoms with E-state index >= 15 is 0 Å². The topological polar surface area (TPSA) is 32.3 Å². The highest BCUT2D eigenvalue weighted by Crippen LogP contribution is 2.30. The van der Waals surface area contributed by atoms with Crippen molar-refractivity contribution in [2.24, 2.45) is 5.92 Å². The Balaban J connectivity index is 1.99. The van der Waals surface area contributed by atoms with E-state index < -0.39 is 0 Å². The average molecular weight is 219 g/mol. The maximum atomic E-state index is 9.64. The van der Waals surface area contributed by atoms with Gasteiger partial charge in [-0.15, -0.1) is 0 Å². The van der Waals surface area contributed by atoms with Crippen molar-refractivity contribution in [2.75, 3.05) is 5.32 Å². The zero-order chi connectivity index (χ0) is 11.5. The fraction of sp³-hybridized carbons (Fsp3) is 0.571. The molecule has 1 aliphatic rings. The highest BCUT2D eigenvalue weighted by molar-refractivity contribution is 5.51. The molecule has 88 valence electrons. The molecular weight excluding hydrogens is 198 g/mol. The lowest BCUT2D eigenvalue weighted by atomic mass is 9.99. The molecule has 0 aliphatic heterocycles. The zero-order valence-electron chi connectivity index (χ0n) is 10.2. The van der Waals surface area contributed by atoms with Gasteiger partial charge in [-0.1, -0.05) is 18.9 Å². The summed E-state index contributed by atoms with van der Waals surface area (Å²) in [4.78, 5) is 0. The number of hydrogen-bond donors (Lipinski definition) is 2. The molecule has 0 bridgehead atoms. The van der Waals surface area contributed by atoms with Crippen LogP contribution in [0.5, 0.6) is 5.75 Å². The highest BCUT2D eigenvalue weighted by atomic mass is 16.3. The largest absolute Gasteiger partial charge is 0.508 e. The number of hydrogen-bond acceptors (Lipinski definition) is 2. The Morgan fingerprint density at radius 1 is 1.31 bits per heavy atom. The van der Waals surface area contributed by atoms with Gasteiger partial charge in [0.1, 0.15) is 5.75 Å². The average Bonchev–Trinajstić information content (AvgIpc) is 2.77. The Bertz CT molecular complexity index is 356. The van der Waals surface area contributed by atoms with Crippen LogP contribution in [0.1, 0.15) is 38.2 Å². The van der Waals surface area contributed by atoms with Crippen LogP contribution in [0, 0.1) is 12.8 Å². The molecule has 0 saturated heterocycles. The van der Waals surface area contributed by atoms with Crippen molar-refractivity contribution in [1.82, 2.24) is 0 Å². The molecule has 1 fully saturated rings. The van der Waals surface area contributed by atoms with Gasteiger partial charge >= 0.3 is 0 Å². The number of phenolic OH excluding ortho intramolecular Hbond substituents is 1. The number of anilines is 1. The predicted molar refractivity (Wildman–Crippen MR) is 67.9 cm³/mol. The molecule has 1 saturated carbocycles. The van der Waals surface area contributed by atoms with Gasteiger partial charge in [0.25, 0.3) is 0 Å². The first kappa shape index (κ1) is 11.3. The summed E-state index contributed by atoms with van der Waals surface area (Å²) in [5.74, 6) is 1.17. The van der Waals surface area contributed by atoms with Crippen LogP contribution in [0.25, 0.3) is 0 Å². The molecule has 2 heteroatoms. The predicted octanol–water partition coefficient (Wildman–Crippen LogP) is 3.69. The molecule has 1 unspecified atom stereocenters. The summed E-state index contributed by atoms with van der Waals surface area (Å²) in [6.45, 7) is 4.16. The van der Waals surface area contributed by atoms with Crippen LogP contribution in [0.15, 0.2) is 18.2 Å². The number of aryl methyl sites for hydroxylation is 1. The van der Waals surface area contributed by atoms with Crippen molar-refractivity contribution >= 4 is 5.69 Å². The third-order valence-electron chi connectivity index (χ3n) is 3.71.